The van der Waals surface area contributed by atoms with Crippen molar-refractivity contribution in [2.75, 3.05) is 6.79 Å². The van der Waals surface area contributed by atoms with Crippen molar-refractivity contribution in [3.05, 3.63) is 109 Å². The van der Waals surface area contributed by atoms with E-state index >= 15 is 0 Å². The number of hydrogen-bond donors (Lipinski definition) is 0. The van der Waals surface area contributed by atoms with Gasteiger partial charge in [0.1, 0.15) is 11.5 Å². The molecule has 3 heterocycles. The van der Waals surface area contributed by atoms with Gasteiger partial charge in [-0.1, -0.05) is 72.8 Å². The number of hydrogen-bond acceptors (Lipinski definition) is 4. The number of fused-ring (bicyclic) bond motifs is 13. The van der Waals surface area contributed by atoms with Gasteiger partial charge in [-0.2, -0.15) is 0 Å². The highest BCUT2D eigenvalue weighted by atomic mass is 16.7. The molecule has 182 valence electrons. The molecule has 9 rings (SSSR count). The Morgan fingerprint density at radius 1 is 0.436 bits per heavy atom. The quantitative estimate of drug-likeness (QED) is 0.154. The summed E-state index contributed by atoms with van der Waals surface area (Å²) < 4.78 is 12.5. The van der Waals surface area contributed by atoms with E-state index in [1.165, 1.54) is 0 Å². The number of pyridine rings is 2. The van der Waals surface area contributed by atoms with E-state index in [9.17, 15) is 0 Å². The second-order valence-corrected chi connectivity index (χ2v) is 10.1. The third-order valence-corrected chi connectivity index (χ3v) is 7.94. The summed E-state index contributed by atoms with van der Waals surface area (Å²) in [7, 11) is 0. The molecule has 1 aliphatic heterocycles. The molecule has 0 bridgehead atoms. The molecule has 0 spiro atoms. The van der Waals surface area contributed by atoms with Crippen LogP contribution in [-0.2, 0) is 0 Å². The lowest BCUT2D eigenvalue weighted by atomic mass is 9.89. The van der Waals surface area contributed by atoms with E-state index in [0.29, 0.717) is 0 Å². The molecule has 0 amide bonds. The monoisotopic (exact) mass is 500 g/mol. The van der Waals surface area contributed by atoms with Gasteiger partial charge in [0.15, 0.2) is 0 Å². The zero-order valence-corrected chi connectivity index (χ0v) is 20.8. The maximum Gasteiger partial charge on any atom is 0.230 e. The SMILES string of the molecule is c1ccc2nc3c(ccc4ccc5c(c43)-c3c(ccc4ccc6cc7ccccc7nc6c34)OCO5)cc2c1. The largest absolute Gasteiger partial charge is 0.457 e. The number of ether oxygens (including phenoxy) is 2. The van der Waals surface area contributed by atoms with Crippen molar-refractivity contribution in [1.29, 1.82) is 0 Å². The highest BCUT2D eigenvalue weighted by molar-refractivity contribution is 6.23. The van der Waals surface area contributed by atoms with Crippen LogP contribution in [0.1, 0.15) is 0 Å². The van der Waals surface area contributed by atoms with Gasteiger partial charge in [0, 0.05) is 43.4 Å². The third-order valence-electron chi connectivity index (χ3n) is 7.94. The van der Waals surface area contributed by atoms with Gasteiger partial charge in [-0.15, -0.1) is 0 Å². The van der Waals surface area contributed by atoms with Crippen molar-refractivity contribution in [1.82, 2.24) is 9.97 Å². The van der Waals surface area contributed by atoms with Crippen LogP contribution in [0, 0.1) is 0 Å². The summed E-state index contributed by atoms with van der Waals surface area (Å²) in [5.41, 5.74) is 5.85. The maximum absolute atomic E-state index is 6.24. The Labute approximate surface area is 223 Å². The Kier molecular flexibility index (Phi) is 4.08. The first-order valence-corrected chi connectivity index (χ1v) is 13.1. The van der Waals surface area contributed by atoms with Crippen LogP contribution in [0.2, 0.25) is 0 Å². The number of benzene rings is 6. The normalized spacial score (nSPS) is 12.9. The van der Waals surface area contributed by atoms with Gasteiger partial charge < -0.3 is 9.47 Å². The van der Waals surface area contributed by atoms with Crippen molar-refractivity contribution in [3.63, 3.8) is 0 Å². The minimum absolute atomic E-state index is 0.138. The average Bonchev–Trinajstić information content (AvgIpc) is 3.18. The lowest BCUT2D eigenvalue weighted by molar-refractivity contribution is 0.125. The van der Waals surface area contributed by atoms with Crippen LogP contribution in [0.4, 0.5) is 0 Å². The Morgan fingerprint density at radius 3 is 1.38 bits per heavy atom. The first-order chi connectivity index (χ1) is 19.3. The molecule has 4 nitrogen and oxygen atoms in total. The number of aromatic nitrogens is 2. The summed E-state index contributed by atoms with van der Waals surface area (Å²) in [5.74, 6) is 1.57. The fourth-order valence-electron chi connectivity index (χ4n) is 6.16. The molecule has 8 aromatic rings. The van der Waals surface area contributed by atoms with Gasteiger partial charge in [0.2, 0.25) is 6.79 Å². The third kappa shape index (κ3) is 2.94. The second-order valence-electron chi connectivity index (χ2n) is 10.1. The van der Waals surface area contributed by atoms with Crippen molar-refractivity contribution in [2.45, 2.75) is 0 Å². The zero-order valence-electron chi connectivity index (χ0n) is 20.8. The van der Waals surface area contributed by atoms with E-state index in [4.69, 9.17) is 19.4 Å². The molecule has 0 fully saturated rings. The second kappa shape index (κ2) is 7.65. The van der Waals surface area contributed by atoms with Crippen molar-refractivity contribution >= 4 is 65.2 Å². The standard InChI is InChI=1S/C35H20N2O2/c1-3-7-26-22(5-1)17-24-11-9-20-13-15-28-32(30(20)34(24)36-26)33-29(39-19-38-28)16-14-21-10-12-25-18-23-6-2-4-8-27(23)37-35(25)31(21)33/h1-18H,19H2. The lowest BCUT2D eigenvalue weighted by Crippen LogP contribution is -2.03. The Balaban J connectivity index is 1.51. The summed E-state index contributed by atoms with van der Waals surface area (Å²) >= 11 is 0. The molecule has 0 saturated heterocycles. The Hall–Kier alpha value is -5.22. The molecule has 39 heavy (non-hydrogen) atoms. The molecular formula is C35H20N2O2. The molecule has 0 atom stereocenters. The molecule has 0 unspecified atom stereocenters. The molecule has 6 aromatic carbocycles. The smallest absolute Gasteiger partial charge is 0.230 e. The molecule has 0 N–H and O–H groups in total. The van der Waals surface area contributed by atoms with Crippen LogP contribution < -0.4 is 9.47 Å². The van der Waals surface area contributed by atoms with Crippen molar-refractivity contribution < 1.29 is 9.47 Å². The van der Waals surface area contributed by atoms with E-state index in [1.807, 2.05) is 12.1 Å². The fourth-order valence-corrected chi connectivity index (χ4v) is 6.16. The summed E-state index contributed by atoms with van der Waals surface area (Å²) in [4.78, 5) is 10.4. The first kappa shape index (κ1) is 20.8. The summed E-state index contributed by atoms with van der Waals surface area (Å²) in [6.07, 6.45) is 0. The van der Waals surface area contributed by atoms with Crippen LogP contribution >= 0.6 is 0 Å². The minimum atomic E-state index is 0.138. The van der Waals surface area contributed by atoms with Gasteiger partial charge >= 0.3 is 0 Å². The van der Waals surface area contributed by atoms with Gasteiger partial charge in [-0.25, -0.2) is 9.97 Å². The summed E-state index contributed by atoms with van der Waals surface area (Å²) in [6, 6.07) is 38.0. The number of nitrogens with zero attached hydrogens (tertiary/aromatic N) is 2. The molecule has 4 heteroatoms. The number of para-hydroxylation sites is 2. The maximum atomic E-state index is 6.24. The topological polar surface area (TPSA) is 44.2 Å². The Morgan fingerprint density at radius 2 is 0.872 bits per heavy atom. The predicted octanol–water partition coefficient (Wildman–Crippen LogP) is 8.79. The summed E-state index contributed by atoms with van der Waals surface area (Å²) in [5, 5.41) is 8.77. The van der Waals surface area contributed by atoms with Gasteiger partial charge in [-0.05, 0) is 47.2 Å². The van der Waals surface area contributed by atoms with Crippen LogP contribution in [-0.4, -0.2) is 16.8 Å². The number of rotatable bonds is 0. The van der Waals surface area contributed by atoms with Crippen LogP contribution in [0.15, 0.2) is 109 Å². The van der Waals surface area contributed by atoms with Crippen molar-refractivity contribution in [2.24, 2.45) is 0 Å². The Bertz CT molecular complexity index is 2160. The molecular weight excluding hydrogens is 480 g/mol. The molecule has 2 aromatic heterocycles. The zero-order chi connectivity index (χ0) is 25.5. The van der Waals surface area contributed by atoms with Crippen molar-refractivity contribution in [3.8, 4) is 22.6 Å². The van der Waals surface area contributed by atoms with E-state index in [1.54, 1.807) is 0 Å². The van der Waals surface area contributed by atoms with Gasteiger partial charge in [0.05, 0.1) is 22.1 Å². The summed E-state index contributed by atoms with van der Waals surface area (Å²) in [6.45, 7) is 0.138. The van der Waals surface area contributed by atoms with E-state index < -0.39 is 0 Å². The highest BCUT2D eigenvalue weighted by Crippen LogP contribution is 2.49. The van der Waals surface area contributed by atoms with E-state index in [-0.39, 0.29) is 6.79 Å². The average molecular weight is 501 g/mol. The van der Waals surface area contributed by atoms with Crippen LogP contribution in [0.25, 0.3) is 76.3 Å². The van der Waals surface area contributed by atoms with E-state index in [0.717, 1.165) is 87.8 Å². The van der Waals surface area contributed by atoms with Crippen LogP contribution in [0.3, 0.4) is 0 Å². The van der Waals surface area contributed by atoms with E-state index in [2.05, 4.69) is 97.1 Å². The van der Waals surface area contributed by atoms with Gasteiger partial charge in [0.25, 0.3) is 0 Å². The molecule has 1 aliphatic rings. The minimum Gasteiger partial charge on any atom is -0.457 e. The van der Waals surface area contributed by atoms with Gasteiger partial charge in [-0.3, -0.25) is 0 Å². The highest BCUT2D eigenvalue weighted by Gasteiger charge is 2.25. The molecule has 0 radical (unpaired) electrons. The van der Waals surface area contributed by atoms with Crippen LogP contribution in [0.5, 0.6) is 11.5 Å². The fraction of sp³-hybridized carbons (Fsp3) is 0.0286. The molecule has 0 saturated carbocycles. The predicted molar refractivity (Wildman–Crippen MR) is 159 cm³/mol. The first-order valence-electron chi connectivity index (χ1n) is 13.1. The lowest BCUT2D eigenvalue weighted by Gasteiger charge is -2.16. The molecule has 0 aliphatic carbocycles.